The predicted octanol–water partition coefficient (Wildman–Crippen LogP) is 1.95. The Labute approximate surface area is 103 Å². The highest BCUT2D eigenvalue weighted by molar-refractivity contribution is 9.09. The van der Waals surface area contributed by atoms with E-state index in [1.165, 1.54) is 0 Å². The van der Waals surface area contributed by atoms with Gasteiger partial charge in [0.2, 0.25) is 5.82 Å². The third-order valence-electron chi connectivity index (χ3n) is 3.16. The average molecular weight is 284 g/mol. The van der Waals surface area contributed by atoms with Crippen molar-refractivity contribution >= 4 is 15.9 Å². The molecule has 5 heteroatoms. The molecule has 0 spiro atoms. The highest BCUT2D eigenvalue weighted by Gasteiger charge is 2.32. The van der Waals surface area contributed by atoms with Crippen LogP contribution in [-0.2, 0) is 11.3 Å². The number of nitrogens with zero attached hydrogens (tertiary/aromatic N) is 3. The van der Waals surface area contributed by atoms with Crippen molar-refractivity contribution < 1.29 is 4.74 Å². The average Bonchev–Trinajstić information content (AvgIpc) is 2.77. The molecular formula is C11H14BrN3O. The van der Waals surface area contributed by atoms with E-state index in [-0.39, 0.29) is 5.41 Å². The molecule has 0 amide bonds. The van der Waals surface area contributed by atoms with Crippen molar-refractivity contribution in [2.45, 2.75) is 19.4 Å². The zero-order valence-corrected chi connectivity index (χ0v) is 10.6. The Bertz CT molecular complexity index is 390. The van der Waals surface area contributed by atoms with E-state index in [4.69, 9.17) is 10.00 Å². The Morgan fingerprint density at radius 3 is 2.94 bits per heavy atom. The summed E-state index contributed by atoms with van der Waals surface area (Å²) in [6.07, 6.45) is 5.61. The van der Waals surface area contributed by atoms with Crippen molar-refractivity contribution in [1.82, 2.24) is 9.55 Å². The Morgan fingerprint density at radius 1 is 1.56 bits per heavy atom. The summed E-state index contributed by atoms with van der Waals surface area (Å²) in [5.74, 6) is 0.492. The Kier molecular flexibility index (Phi) is 3.62. The minimum Gasteiger partial charge on any atom is -0.381 e. The molecule has 0 radical (unpaired) electrons. The van der Waals surface area contributed by atoms with E-state index in [9.17, 15) is 0 Å². The van der Waals surface area contributed by atoms with Crippen molar-refractivity contribution in [3.63, 3.8) is 0 Å². The fourth-order valence-corrected chi connectivity index (χ4v) is 2.79. The number of alkyl halides is 1. The maximum atomic E-state index is 8.92. The molecule has 1 aliphatic rings. The second-order valence-electron chi connectivity index (χ2n) is 4.24. The first-order valence-electron chi connectivity index (χ1n) is 5.35. The van der Waals surface area contributed by atoms with E-state index < -0.39 is 0 Å². The van der Waals surface area contributed by atoms with Gasteiger partial charge < -0.3 is 9.30 Å². The maximum Gasteiger partial charge on any atom is 0.212 e. The molecule has 4 nitrogen and oxygen atoms in total. The van der Waals surface area contributed by atoms with Crippen molar-refractivity contribution in [3.05, 3.63) is 18.2 Å². The first-order chi connectivity index (χ1) is 7.79. The van der Waals surface area contributed by atoms with Crippen LogP contribution in [0.4, 0.5) is 0 Å². The second-order valence-corrected chi connectivity index (χ2v) is 4.80. The Hall–Kier alpha value is -0.860. The normalized spacial score (nSPS) is 19.2. The molecule has 1 aromatic heterocycles. The summed E-state index contributed by atoms with van der Waals surface area (Å²) in [5, 5.41) is 9.86. The lowest BCUT2D eigenvalue weighted by molar-refractivity contribution is 0.0185. The zero-order valence-electron chi connectivity index (χ0n) is 9.03. The molecule has 0 N–H and O–H groups in total. The Balaban J connectivity index is 2.15. The number of nitriles is 1. The zero-order chi connectivity index (χ0) is 11.4. The fraction of sp³-hybridized carbons (Fsp3) is 0.636. The molecule has 0 saturated carbocycles. The molecular weight excluding hydrogens is 270 g/mol. The highest BCUT2D eigenvalue weighted by atomic mass is 79.9. The highest BCUT2D eigenvalue weighted by Crippen LogP contribution is 2.34. The summed E-state index contributed by atoms with van der Waals surface area (Å²) in [6, 6.07) is 2.11. The maximum absolute atomic E-state index is 8.92. The molecule has 1 aromatic rings. The molecule has 0 unspecified atom stereocenters. The molecule has 0 bridgehead atoms. The van der Waals surface area contributed by atoms with Gasteiger partial charge in [0.05, 0.1) is 0 Å². The molecule has 0 aliphatic carbocycles. The standard InChI is InChI=1S/C11H14BrN3O/c12-8-11(1-5-16-6-2-11)9-15-4-3-14-10(15)7-13/h3-4H,1-2,5-6,8-9H2. The number of hydrogen-bond donors (Lipinski definition) is 0. The summed E-state index contributed by atoms with van der Waals surface area (Å²) >= 11 is 3.59. The van der Waals surface area contributed by atoms with Gasteiger partial charge in [-0.15, -0.1) is 0 Å². The third-order valence-corrected chi connectivity index (χ3v) is 4.35. The molecule has 2 heterocycles. The van der Waals surface area contributed by atoms with Crippen LogP contribution in [0.15, 0.2) is 12.4 Å². The molecule has 1 fully saturated rings. The van der Waals surface area contributed by atoms with Gasteiger partial charge in [0.1, 0.15) is 6.07 Å². The molecule has 0 atom stereocenters. The van der Waals surface area contributed by atoms with Crippen molar-refractivity contribution in [3.8, 4) is 6.07 Å². The first-order valence-corrected chi connectivity index (χ1v) is 6.47. The van der Waals surface area contributed by atoms with Crippen LogP contribution in [0.2, 0.25) is 0 Å². The topological polar surface area (TPSA) is 50.8 Å². The van der Waals surface area contributed by atoms with Gasteiger partial charge in [-0.1, -0.05) is 15.9 Å². The Morgan fingerprint density at radius 2 is 2.31 bits per heavy atom. The number of hydrogen-bond acceptors (Lipinski definition) is 3. The number of aromatic nitrogens is 2. The summed E-state index contributed by atoms with van der Waals surface area (Å²) in [5.41, 5.74) is 0.199. The van der Waals surface area contributed by atoms with Crippen LogP contribution in [0.1, 0.15) is 18.7 Å². The molecule has 0 aromatic carbocycles. The SMILES string of the molecule is N#Cc1nccn1CC1(CBr)CCOCC1. The van der Waals surface area contributed by atoms with E-state index in [1.807, 2.05) is 10.8 Å². The van der Waals surface area contributed by atoms with Crippen LogP contribution in [0.5, 0.6) is 0 Å². The lowest BCUT2D eigenvalue weighted by Gasteiger charge is -2.35. The van der Waals surface area contributed by atoms with Gasteiger partial charge in [0.25, 0.3) is 0 Å². The number of ether oxygens (including phenoxy) is 1. The van der Waals surface area contributed by atoms with E-state index >= 15 is 0 Å². The molecule has 1 saturated heterocycles. The van der Waals surface area contributed by atoms with Crippen LogP contribution < -0.4 is 0 Å². The van der Waals surface area contributed by atoms with Gasteiger partial charge in [-0.3, -0.25) is 0 Å². The van der Waals surface area contributed by atoms with E-state index in [0.717, 1.165) is 37.9 Å². The molecule has 1 aliphatic heterocycles. The van der Waals surface area contributed by atoms with E-state index in [2.05, 4.69) is 27.0 Å². The van der Waals surface area contributed by atoms with Crippen LogP contribution in [0.25, 0.3) is 0 Å². The lowest BCUT2D eigenvalue weighted by Crippen LogP contribution is -2.35. The van der Waals surface area contributed by atoms with Gasteiger partial charge >= 0.3 is 0 Å². The molecule has 2 rings (SSSR count). The molecule has 16 heavy (non-hydrogen) atoms. The smallest absolute Gasteiger partial charge is 0.212 e. The summed E-state index contributed by atoms with van der Waals surface area (Å²) in [6.45, 7) is 2.45. The predicted molar refractivity (Wildman–Crippen MR) is 63.2 cm³/mol. The first kappa shape index (κ1) is 11.6. The van der Waals surface area contributed by atoms with Gasteiger partial charge in [-0.25, -0.2) is 4.98 Å². The summed E-state index contributed by atoms with van der Waals surface area (Å²) in [7, 11) is 0. The summed E-state index contributed by atoms with van der Waals surface area (Å²) in [4.78, 5) is 4.02. The number of imidazole rings is 1. The largest absolute Gasteiger partial charge is 0.381 e. The van der Waals surface area contributed by atoms with Crippen molar-refractivity contribution in [2.75, 3.05) is 18.5 Å². The molecule has 86 valence electrons. The summed E-state index contributed by atoms with van der Waals surface area (Å²) < 4.78 is 7.33. The quantitative estimate of drug-likeness (QED) is 0.797. The minimum absolute atomic E-state index is 0.199. The van der Waals surface area contributed by atoms with Crippen LogP contribution in [0, 0.1) is 16.7 Å². The van der Waals surface area contributed by atoms with E-state index in [1.54, 1.807) is 6.20 Å². The van der Waals surface area contributed by atoms with E-state index in [0.29, 0.717) is 5.82 Å². The fourth-order valence-electron chi connectivity index (χ4n) is 2.05. The minimum atomic E-state index is 0.199. The van der Waals surface area contributed by atoms with Crippen molar-refractivity contribution in [2.24, 2.45) is 5.41 Å². The van der Waals surface area contributed by atoms with Crippen molar-refractivity contribution in [1.29, 1.82) is 5.26 Å². The monoisotopic (exact) mass is 283 g/mol. The third kappa shape index (κ3) is 2.28. The van der Waals surface area contributed by atoms with Gasteiger partial charge in [-0.05, 0) is 12.8 Å². The van der Waals surface area contributed by atoms with Crippen LogP contribution in [-0.4, -0.2) is 28.1 Å². The number of halogens is 1. The lowest BCUT2D eigenvalue weighted by atomic mass is 9.82. The van der Waals surface area contributed by atoms with Crippen LogP contribution >= 0.6 is 15.9 Å². The second kappa shape index (κ2) is 4.98. The van der Waals surface area contributed by atoms with Gasteiger partial charge in [0, 0.05) is 42.9 Å². The van der Waals surface area contributed by atoms with Gasteiger partial charge in [-0.2, -0.15) is 5.26 Å². The number of rotatable bonds is 3. The van der Waals surface area contributed by atoms with Crippen LogP contribution in [0.3, 0.4) is 0 Å². The van der Waals surface area contributed by atoms with Gasteiger partial charge in [0.15, 0.2) is 0 Å².